The van der Waals surface area contributed by atoms with Gasteiger partial charge in [0.25, 0.3) is 0 Å². The molecule has 1 N–H and O–H groups in total. The Morgan fingerprint density at radius 3 is 2.08 bits per heavy atom. The molecule has 51 heavy (non-hydrogen) atoms. The Kier molecular flexibility index (Phi) is 14.5. The summed E-state index contributed by atoms with van der Waals surface area (Å²) in [5.74, 6) is 0.911. The molecule has 0 amide bonds. The first kappa shape index (κ1) is 42.2. The molecule has 7 heteroatoms. The summed E-state index contributed by atoms with van der Waals surface area (Å²) < 4.78 is 1.25. The Morgan fingerprint density at radius 1 is 0.843 bits per heavy atom. The molecule has 3 heterocycles. The van der Waals surface area contributed by atoms with Gasteiger partial charge < -0.3 is 5.11 Å². The van der Waals surface area contributed by atoms with Crippen molar-refractivity contribution in [1.29, 1.82) is 0 Å². The number of allylic oxidation sites excluding steroid dienone is 2. The van der Waals surface area contributed by atoms with E-state index in [4.69, 9.17) is 4.98 Å². The monoisotopic (exact) mass is 883 g/mol. The quantitative estimate of drug-likeness (QED) is 0.0812. The van der Waals surface area contributed by atoms with Crippen LogP contribution >= 0.6 is 11.3 Å². The molecule has 1 radical (unpaired) electrons. The number of benzene rings is 2. The normalized spacial score (nSPS) is 12.5. The Bertz CT molecular complexity index is 1960. The van der Waals surface area contributed by atoms with Crippen LogP contribution in [0.15, 0.2) is 72.9 Å². The molecule has 3 aromatic heterocycles. The molecular weight excluding hydrogens is 827 g/mol. The van der Waals surface area contributed by atoms with Crippen molar-refractivity contribution < 1.29 is 30.0 Å². The molecule has 0 saturated carbocycles. The van der Waals surface area contributed by atoms with Crippen molar-refractivity contribution in [2.45, 2.75) is 114 Å². The van der Waals surface area contributed by atoms with Crippen molar-refractivity contribution in [1.82, 2.24) is 15.0 Å². The number of pyridine rings is 1. The average Bonchev–Trinajstić information content (AvgIpc) is 3.52. The largest absolute Gasteiger partial charge is 0.512 e. The molecule has 2 aromatic carbocycles. The third-order valence-electron chi connectivity index (χ3n) is 10.5. The number of aromatic nitrogens is 3. The standard InChI is InChI=1S/C29H28N3S.C15H28O2.Ir/c1-18(2)12-21-15-23-27(33-21)10-11-30-28(23)26-16-25(31-17-32-26)20-13-19-8-6-7-9-22(19)24(14-20)29(3,4)5;1-7-14(5,8-2)12(16)11-13(17)15(6,9-3)10-4;/h6-11,14-18H,12H2,1-5H3;11,16H,7-10H2,1-6H3;/q-1;;/b;12-11-;. The molecule has 0 aliphatic rings. The van der Waals surface area contributed by atoms with E-state index in [1.807, 2.05) is 59.1 Å². The number of carbonyl (C=O) groups excluding carboxylic acids is 1. The first-order valence-corrected chi connectivity index (χ1v) is 19.0. The van der Waals surface area contributed by atoms with E-state index in [1.54, 1.807) is 6.33 Å². The number of hydrogen-bond donors (Lipinski definition) is 1. The maximum Gasteiger partial charge on any atom is 0.164 e. The van der Waals surface area contributed by atoms with E-state index in [2.05, 4.69) is 99.2 Å². The number of hydrogen-bond acceptors (Lipinski definition) is 6. The van der Waals surface area contributed by atoms with Gasteiger partial charge in [-0.25, -0.2) is 4.98 Å². The first-order chi connectivity index (χ1) is 23.6. The molecule has 0 aliphatic carbocycles. The molecule has 0 unspecified atom stereocenters. The Morgan fingerprint density at radius 2 is 1.47 bits per heavy atom. The van der Waals surface area contributed by atoms with Crippen LogP contribution in [0.1, 0.15) is 112 Å². The van der Waals surface area contributed by atoms with Gasteiger partial charge in [0.1, 0.15) is 12.1 Å². The van der Waals surface area contributed by atoms with Crippen LogP contribution in [0.2, 0.25) is 0 Å². The maximum absolute atomic E-state index is 12.2. The van der Waals surface area contributed by atoms with E-state index in [0.717, 1.165) is 60.1 Å². The van der Waals surface area contributed by atoms with E-state index in [-0.39, 0.29) is 47.9 Å². The van der Waals surface area contributed by atoms with Crippen LogP contribution in [0.4, 0.5) is 0 Å². The molecule has 5 nitrogen and oxygen atoms in total. The van der Waals surface area contributed by atoms with Gasteiger partial charge in [-0.2, -0.15) is 0 Å². The zero-order chi connectivity index (χ0) is 36.9. The van der Waals surface area contributed by atoms with E-state index in [9.17, 15) is 9.90 Å². The zero-order valence-electron chi connectivity index (χ0n) is 32.4. The summed E-state index contributed by atoms with van der Waals surface area (Å²) in [6, 6.07) is 20.7. The Balaban J connectivity index is 0.000000335. The molecule has 0 atom stereocenters. The molecule has 275 valence electrons. The number of fused-ring (bicyclic) bond motifs is 2. The third kappa shape index (κ3) is 9.80. The van der Waals surface area contributed by atoms with E-state index >= 15 is 0 Å². The van der Waals surface area contributed by atoms with Crippen LogP contribution in [-0.2, 0) is 36.7 Å². The molecule has 0 saturated heterocycles. The van der Waals surface area contributed by atoms with Gasteiger partial charge in [-0.15, -0.1) is 40.5 Å². The minimum Gasteiger partial charge on any atom is -0.512 e. The fourth-order valence-corrected chi connectivity index (χ4v) is 7.30. The van der Waals surface area contributed by atoms with Crippen LogP contribution in [-0.4, -0.2) is 25.8 Å². The van der Waals surface area contributed by atoms with Crippen LogP contribution < -0.4 is 0 Å². The second-order valence-electron chi connectivity index (χ2n) is 15.5. The number of aliphatic hydroxyl groups is 1. The van der Waals surface area contributed by atoms with Gasteiger partial charge >= 0.3 is 0 Å². The summed E-state index contributed by atoms with van der Waals surface area (Å²) in [6.07, 6.45) is 9.36. The van der Waals surface area contributed by atoms with Gasteiger partial charge in [-0.1, -0.05) is 105 Å². The zero-order valence-corrected chi connectivity index (χ0v) is 35.6. The summed E-state index contributed by atoms with van der Waals surface area (Å²) in [5, 5.41) is 13.6. The van der Waals surface area contributed by atoms with Crippen LogP contribution in [0.3, 0.4) is 0 Å². The third-order valence-corrected chi connectivity index (χ3v) is 11.6. The fraction of sp³-hybridized carbons (Fsp3) is 0.455. The van der Waals surface area contributed by atoms with Gasteiger partial charge in [0, 0.05) is 63.9 Å². The fourth-order valence-electron chi connectivity index (χ4n) is 6.03. The second kappa shape index (κ2) is 17.5. The van der Waals surface area contributed by atoms with Crippen molar-refractivity contribution in [3.63, 3.8) is 0 Å². The summed E-state index contributed by atoms with van der Waals surface area (Å²) in [4.78, 5) is 27.5. The van der Waals surface area contributed by atoms with E-state index in [1.165, 1.54) is 32.0 Å². The Labute approximate surface area is 323 Å². The molecule has 0 bridgehead atoms. The molecule has 0 fully saturated rings. The van der Waals surface area contributed by atoms with Crippen LogP contribution in [0.5, 0.6) is 0 Å². The van der Waals surface area contributed by atoms with Gasteiger partial charge in [0.15, 0.2) is 5.78 Å². The smallest absolute Gasteiger partial charge is 0.164 e. The predicted octanol–water partition coefficient (Wildman–Crippen LogP) is 12.5. The maximum atomic E-state index is 12.2. The molecule has 5 rings (SSSR count). The van der Waals surface area contributed by atoms with Crippen LogP contribution in [0, 0.1) is 22.8 Å². The Hall–Kier alpha value is -3.25. The predicted molar refractivity (Wildman–Crippen MR) is 213 cm³/mol. The molecule has 0 spiro atoms. The summed E-state index contributed by atoms with van der Waals surface area (Å²) >= 11 is 1.85. The minimum atomic E-state index is -0.337. The van der Waals surface area contributed by atoms with Gasteiger partial charge in [0.05, 0.1) is 11.4 Å². The van der Waals surface area contributed by atoms with Crippen molar-refractivity contribution >= 4 is 38.0 Å². The SMILES string of the molecule is CC(C)Cc1cc2c(-c3cc(-c4[c-]c5ccccc5c(C(C)(C)C)c4)ncn3)nccc2s1.CCC(C)(CC)C(=O)/C=C(\O)C(C)(CC)CC.[Ir]. The van der Waals surface area contributed by atoms with Gasteiger partial charge in [-0.05, 0) is 61.6 Å². The number of carbonyl (C=O) groups is 1. The van der Waals surface area contributed by atoms with Crippen molar-refractivity contribution in [2.75, 3.05) is 0 Å². The van der Waals surface area contributed by atoms with Crippen molar-refractivity contribution in [3.05, 3.63) is 89.4 Å². The van der Waals surface area contributed by atoms with Crippen molar-refractivity contribution in [2.24, 2.45) is 16.7 Å². The number of ketones is 1. The number of aliphatic hydroxyl groups excluding tert-OH is 1. The second-order valence-corrected chi connectivity index (χ2v) is 16.7. The number of nitrogens with zero attached hydrogens (tertiary/aromatic N) is 3. The van der Waals surface area contributed by atoms with E-state index in [0.29, 0.717) is 5.92 Å². The minimum absolute atomic E-state index is 0. The topological polar surface area (TPSA) is 76.0 Å². The summed E-state index contributed by atoms with van der Waals surface area (Å²) in [5.41, 5.74) is 4.32. The molecule has 0 aliphatic heterocycles. The van der Waals surface area contributed by atoms with Gasteiger partial charge in [-0.3, -0.25) is 14.8 Å². The summed E-state index contributed by atoms with van der Waals surface area (Å²) in [6.45, 7) is 23.3. The molecule has 5 aromatic rings. The molecular formula is C44H56IrN3O2S-. The average molecular weight is 883 g/mol. The van der Waals surface area contributed by atoms with Gasteiger partial charge in [0.2, 0.25) is 0 Å². The van der Waals surface area contributed by atoms with E-state index < -0.39 is 0 Å². The number of rotatable bonds is 11. The number of thiophene rings is 1. The summed E-state index contributed by atoms with van der Waals surface area (Å²) in [7, 11) is 0. The first-order valence-electron chi connectivity index (χ1n) is 18.2. The van der Waals surface area contributed by atoms with Crippen LogP contribution in [0.25, 0.3) is 43.5 Å². The van der Waals surface area contributed by atoms with Crippen molar-refractivity contribution in [3.8, 4) is 22.6 Å².